The first kappa shape index (κ1) is 11.4. The van der Waals surface area contributed by atoms with Gasteiger partial charge >= 0.3 is 5.97 Å². The Labute approximate surface area is 87.2 Å². The van der Waals surface area contributed by atoms with E-state index in [1.54, 1.807) is 14.1 Å². The number of Topliss-reactive ketones (excluding diaryl/α,β-unsaturated/α-hetero) is 1. The first-order valence-corrected chi connectivity index (χ1v) is 4.40. The largest absolute Gasteiger partial charge is 0.465 e. The molecule has 1 N–H and O–H groups in total. The number of nitrogens with one attached hydrogen (secondary N) is 1. The van der Waals surface area contributed by atoms with E-state index in [0.717, 1.165) is 0 Å². The van der Waals surface area contributed by atoms with Crippen molar-refractivity contribution in [1.82, 2.24) is 15.1 Å². The molecule has 0 atom stereocenters. The molecule has 0 spiro atoms. The SMILES string of the molecule is CNCC(=O)c1c(C(=O)OC)cnn1C. The molecule has 0 aliphatic heterocycles. The van der Waals surface area contributed by atoms with E-state index >= 15 is 0 Å². The van der Waals surface area contributed by atoms with Crippen molar-refractivity contribution in [2.45, 2.75) is 0 Å². The summed E-state index contributed by atoms with van der Waals surface area (Å²) in [4.78, 5) is 22.9. The van der Waals surface area contributed by atoms with Crippen molar-refractivity contribution in [2.24, 2.45) is 7.05 Å². The minimum Gasteiger partial charge on any atom is -0.465 e. The zero-order valence-corrected chi connectivity index (χ0v) is 8.90. The van der Waals surface area contributed by atoms with Crippen LogP contribution in [0.1, 0.15) is 20.8 Å². The molecule has 0 aliphatic rings. The monoisotopic (exact) mass is 211 g/mol. The van der Waals surface area contributed by atoms with E-state index in [1.807, 2.05) is 0 Å². The quantitative estimate of drug-likeness (QED) is 0.542. The Balaban J connectivity index is 3.09. The molecular formula is C9H13N3O3. The highest BCUT2D eigenvalue weighted by molar-refractivity contribution is 6.05. The molecule has 0 saturated carbocycles. The number of ketones is 1. The molecule has 0 radical (unpaired) electrons. The molecule has 0 aliphatic carbocycles. The first-order valence-electron chi connectivity index (χ1n) is 4.40. The molecule has 0 unspecified atom stereocenters. The average Bonchev–Trinajstić information content (AvgIpc) is 2.59. The van der Waals surface area contributed by atoms with Gasteiger partial charge in [-0.15, -0.1) is 0 Å². The molecule has 1 heterocycles. The van der Waals surface area contributed by atoms with E-state index in [4.69, 9.17) is 0 Å². The second-order valence-electron chi connectivity index (χ2n) is 2.98. The van der Waals surface area contributed by atoms with Gasteiger partial charge in [-0.3, -0.25) is 9.48 Å². The van der Waals surface area contributed by atoms with Crippen molar-refractivity contribution in [1.29, 1.82) is 0 Å². The smallest absolute Gasteiger partial charge is 0.341 e. The van der Waals surface area contributed by atoms with Crippen LogP contribution < -0.4 is 5.32 Å². The summed E-state index contributed by atoms with van der Waals surface area (Å²) in [5, 5.41) is 6.58. The predicted molar refractivity (Wildman–Crippen MR) is 52.8 cm³/mol. The van der Waals surface area contributed by atoms with Gasteiger partial charge in [0.05, 0.1) is 19.9 Å². The Morgan fingerprint density at radius 3 is 2.80 bits per heavy atom. The summed E-state index contributed by atoms with van der Waals surface area (Å²) in [6.07, 6.45) is 1.33. The number of nitrogens with zero attached hydrogens (tertiary/aromatic N) is 2. The fourth-order valence-corrected chi connectivity index (χ4v) is 1.27. The van der Waals surface area contributed by atoms with E-state index < -0.39 is 5.97 Å². The van der Waals surface area contributed by atoms with Crippen molar-refractivity contribution < 1.29 is 14.3 Å². The number of likely N-dealkylation sites (N-methyl/N-ethyl adjacent to an activating group) is 1. The van der Waals surface area contributed by atoms with Crippen LogP contribution in [0, 0.1) is 0 Å². The molecule has 1 aromatic rings. The number of rotatable bonds is 4. The summed E-state index contributed by atoms with van der Waals surface area (Å²) in [5.41, 5.74) is 0.455. The van der Waals surface area contributed by atoms with Gasteiger partial charge in [0.15, 0.2) is 5.78 Å². The molecule has 0 saturated heterocycles. The van der Waals surface area contributed by atoms with Gasteiger partial charge in [-0.2, -0.15) is 5.10 Å². The molecule has 15 heavy (non-hydrogen) atoms. The summed E-state index contributed by atoms with van der Waals surface area (Å²) in [6.45, 7) is 0.156. The molecule has 1 aromatic heterocycles. The summed E-state index contributed by atoms with van der Waals surface area (Å²) < 4.78 is 5.92. The van der Waals surface area contributed by atoms with Crippen LogP contribution in [0.3, 0.4) is 0 Å². The molecule has 82 valence electrons. The molecule has 1 rings (SSSR count). The fraction of sp³-hybridized carbons (Fsp3) is 0.444. The number of aromatic nitrogens is 2. The lowest BCUT2D eigenvalue weighted by Gasteiger charge is -2.03. The zero-order chi connectivity index (χ0) is 11.4. The van der Waals surface area contributed by atoms with Crippen molar-refractivity contribution in [3.8, 4) is 0 Å². The van der Waals surface area contributed by atoms with Crippen LogP contribution in [-0.2, 0) is 11.8 Å². The lowest BCUT2D eigenvalue weighted by molar-refractivity contribution is 0.0596. The van der Waals surface area contributed by atoms with Crippen LogP contribution in [0.4, 0.5) is 0 Å². The maximum absolute atomic E-state index is 11.6. The number of ether oxygens (including phenoxy) is 1. The maximum Gasteiger partial charge on any atom is 0.341 e. The second-order valence-corrected chi connectivity index (χ2v) is 2.98. The highest BCUT2D eigenvalue weighted by atomic mass is 16.5. The molecule has 6 heteroatoms. The highest BCUT2D eigenvalue weighted by Gasteiger charge is 2.21. The molecular weight excluding hydrogens is 198 g/mol. The van der Waals surface area contributed by atoms with Crippen LogP contribution in [0.5, 0.6) is 0 Å². The first-order chi connectivity index (χ1) is 7.11. The molecule has 0 aromatic carbocycles. The zero-order valence-electron chi connectivity index (χ0n) is 8.90. The summed E-state index contributed by atoms with van der Waals surface area (Å²) in [6, 6.07) is 0. The van der Waals surface area contributed by atoms with E-state index in [0.29, 0.717) is 0 Å². The van der Waals surface area contributed by atoms with Gasteiger partial charge in [0.1, 0.15) is 11.3 Å². The Morgan fingerprint density at radius 2 is 2.27 bits per heavy atom. The fourth-order valence-electron chi connectivity index (χ4n) is 1.27. The van der Waals surface area contributed by atoms with E-state index in [2.05, 4.69) is 15.2 Å². The number of carbonyl (C=O) groups is 2. The summed E-state index contributed by atoms with van der Waals surface area (Å²) in [7, 11) is 4.53. The number of carbonyl (C=O) groups excluding carboxylic acids is 2. The molecule has 0 bridgehead atoms. The normalized spacial score (nSPS) is 10.1. The van der Waals surface area contributed by atoms with Crippen LogP contribution in [0.25, 0.3) is 0 Å². The average molecular weight is 211 g/mol. The number of hydrogen-bond acceptors (Lipinski definition) is 5. The van der Waals surface area contributed by atoms with Gasteiger partial charge in [-0.05, 0) is 7.05 Å². The lowest BCUT2D eigenvalue weighted by atomic mass is 10.2. The molecule has 6 nitrogen and oxygen atoms in total. The Kier molecular flexibility index (Phi) is 3.56. The van der Waals surface area contributed by atoms with Crippen LogP contribution in [-0.4, -0.2) is 42.2 Å². The number of hydrogen-bond donors (Lipinski definition) is 1. The van der Waals surface area contributed by atoms with Gasteiger partial charge in [0, 0.05) is 7.05 Å². The predicted octanol–water partition coefficient (Wildman–Crippen LogP) is -0.391. The Bertz CT molecular complexity index is 384. The lowest BCUT2D eigenvalue weighted by Crippen LogP contribution is -2.23. The van der Waals surface area contributed by atoms with Crippen molar-refractivity contribution in [3.63, 3.8) is 0 Å². The van der Waals surface area contributed by atoms with Gasteiger partial charge < -0.3 is 10.1 Å². The highest BCUT2D eigenvalue weighted by Crippen LogP contribution is 2.09. The topological polar surface area (TPSA) is 73.2 Å². The standard InChI is InChI=1S/C9H13N3O3/c1-10-5-7(13)8-6(9(14)15-3)4-11-12(8)2/h4,10H,5H2,1-3H3. The third kappa shape index (κ3) is 2.21. The minimum absolute atomic E-state index is 0.156. The Hall–Kier alpha value is -1.69. The van der Waals surface area contributed by atoms with Crippen LogP contribution in [0.2, 0.25) is 0 Å². The van der Waals surface area contributed by atoms with Crippen LogP contribution in [0.15, 0.2) is 6.20 Å². The van der Waals surface area contributed by atoms with E-state index in [9.17, 15) is 9.59 Å². The number of methoxy groups -OCH3 is 1. The van der Waals surface area contributed by atoms with Gasteiger partial charge in [0.25, 0.3) is 0 Å². The number of esters is 1. The molecule has 0 amide bonds. The number of aryl methyl sites for hydroxylation is 1. The van der Waals surface area contributed by atoms with E-state index in [1.165, 1.54) is 18.0 Å². The van der Waals surface area contributed by atoms with Crippen LogP contribution >= 0.6 is 0 Å². The van der Waals surface area contributed by atoms with Gasteiger partial charge in [-0.1, -0.05) is 0 Å². The molecule has 0 fully saturated rings. The van der Waals surface area contributed by atoms with Crippen molar-refractivity contribution >= 4 is 11.8 Å². The maximum atomic E-state index is 11.6. The van der Waals surface area contributed by atoms with Crippen molar-refractivity contribution in [3.05, 3.63) is 17.5 Å². The minimum atomic E-state index is -0.553. The second kappa shape index (κ2) is 4.70. The summed E-state index contributed by atoms with van der Waals surface area (Å²) >= 11 is 0. The Morgan fingerprint density at radius 1 is 1.60 bits per heavy atom. The van der Waals surface area contributed by atoms with E-state index in [-0.39, 0.29) is 23.6 Å². The van der Waals surface area contributed by atoms with Gasteiger partial charge in [-0.25, -0.2) is 4.79 Å². The van der Waals surface area contributed by atoms with Crippen molar-refractivity contribution in [2.75, 3.05) is 20.7 Å². The summed E-state index contributed by atoms with van der Waals surface area (Å²) in [5.74, 6) is -0.750. The third-order valence-electron chi connectivity index (χ3n) is 1.95. The van der Waals surface area contributed by atoms with Gasteiger partial charge in [0.2, 0.25) is 0 Å². The third-order valence-corrected chi connectivity index (χ3v) is 1.95.